The van der Waals surface area contributed by atoms with E-state index < -0.39 is 23.8 Å². The SMILES string of the molecule is C[C@H](Oc1ccccc1-c1nnc(-c2ccccc2)o1)C(=O)Nc1ccccc1C(F)(F)F. The van der Waals surface area contributed by atoms with Crippen LogP contribution in [0.5, 0.6) is 5.75 Å². The molecular weight excluding hydrogens is 435 g/mol. The number of nitrogens with zero attached hydrogens (tertiary/aromatic N) is 2. The van der Waals surface area contributed by atoms with Gasteiger partial charge in [-0.2, -0.15) is 13.2 Å². The zero-order valence-corrected chi connectivity index (χ0v) is 17.3. The van der Waals surface area contributed by atoms with Crippen LogP contribution in [0.1, 0.15) is 12.5 Å². The zero-order chi connectivity index (χ0) is 23.4. The molecule has 0 aliphatic carbocycles. The molecule has 1 amide bonds. The second kappa shape index (κ2) is 9.15. The van der Waals surface area contributed by atoms with Gasteiger partial charge in [-0.3, -0.25) is 4.79 Å². The molecule has 1 atom stereocenters. The molecular formula is C24H18F3N3O3. The predicted molar refractivity (Wildman–Crippen MR) is 115 cm³/mol. The average Bonchev–Trinajstić information content (AvgIpc) is 3.30. The van der Waals surface area contributed by atoms with Gasteiger partial charge in [0.2, 0.25) is 5.89 Å². The molecule has 33 heavy (non-hydrogen) atoms. The summed E-state index contributed by atoms with van der Waals surface area (Å²) in [5.41, 5.74) is -0.0957. The van der Waals surface area contributed by atoms with E-state index in [0.717, 1.165) is 11.6 Å². The van der Waals surface area contributed by atoms with Crippen LogP contribution in [0, 0.1) is 0 Å². The summed E-state index contributed by atoms with van der Waals surface area (Å²) in [6, 6.07) is 20.7. The van der Waals surface area contributed by atoms with Gasteiger partial charge < -0.3 is 14.5 Å². The predicted octanol–water partition coefficient (Wildman–Crippen LogP) is 5.83. The van der Waals surface area contributed by atoms with Crippen molar-refractivity contribution in [3.63, 3.8) is 0 Å². The van der Waals surface area contributed by atoms with Crippen molar-refractivity contribution in [3.8, 4) is 28.7 Å². The highest BCUT2D eigenvalue weighted by atomic mass is 19.4. The van der Waals surface area contributed by atoms with Gasteiger partial charge in [0.15, 0.2) is 6.10 Å². The van der Waals surface area contributed by atoms with Crippen molar-refractivity contribution in [1.29, 1.82) is 0 Å². The minimum atomic E-state index is -4.60. The van der Waals surface area contributed by atoms with Crippen molar-refractivity contribution in [2.45, 2.75) is 19.2 Å². The topological polar surface area (TPSA) is 77.2 Å². The van der Waals surface area contributed by atoms with E-state index >= 15 is 0 Å². The van der Waals surface area contributed by atoms with Crippen LogP contribution in [-0.2, 0) is 11.0 Å². The summed E-state index contributed by atoms with van der Waals surface area (Å²) < 4.78 is 51.1. The quantitative estimate of drug-likeness (QED) is 0.398. The van der Waals surface area contributed by atoms with Crippen molar-refractivity contribution < 1.29 is 27.1 Å². The molecule has 6 nitrogen and oxygen atoms in total. The molecule has 0 aliphatic rings. The van der Waals surface area contributed by atoms with Gasteiger partial charge in [-0.25, -0.2) is 0 Å². The van der Waals surface area contributed by atoms with E-state index in [-0.39, 0.29) is 17.3 Å². The van der Waals surface area contributed by atoms with Gasteiger partial charge in [-0.1, -0.05) is 42.5 Å². The first kappa shape index (κ1) is 22.1. The van der Waals surface area contributed by atoms with Crippen LogP contribution in [0.3, 0.4) is 0 Å². The van der Waals surface area contributed by atoms with Crippen LogP contribution >= 0.6 is 0 Å². The van der Waals surface area contributed by atoms with Crippen molar-refractivity contribution in [3.05, 3.63) is 84.4 Å². The number of hydrogen-bond acceptors (Lipinski definition) is 5. The van der Waals surface area contributed by atoms with Crippen LogP contribution in [0.25, 0.3) is 22.9 Å². The third kappa shape index (κ3) is 5.03. The van der Waals surface area contributed by atoms with Crippen LogP contribution in [0.2, 0.25) is 0 Å². The molecule has 9 heteroatoms. The number of anilines is 1. The summed E-state index contributed by atoms with van der Waals surface area (Å²) in [5, 5.41) is 10.4. The van der Waals surface area contributed by atoms with Crippen molar-refractivity contribution in [1.82, 2.24) is 10.2 Å². The highest BCUT2D eigenvalue weighted by Crippen LogP contribution is 2.35. The van der Waals surface area contributed by atoms with E-state index in [0.29, 0.717) is 11.5 Å². The Labute approximate surface area is 187 Å². The minimum Gasteiger partial charge on any atom is -0.480 e. The first-order valence-electron chi connectivity index (χ1n) is 9.95. The maximum absolute atomic E-state index is 13.2. The van der Waals surface area contributed by atoms with Crippen molar-refractivity contribution in [2.75, 3.05) is 5.32 Å². The Morgan fingerprint density at radius 1 is 0.909 bits per heavy atom. The Bertz CT molecular complexity index is 1260. The van der Waals surface area contributed by atoms with Gasteiger partial charge in [-0.15, -0.1) is 10.2 Å². The summed E-state index contributed by atoms with van der Waals surface area (Å²) in [5.74, 6) is 0.0268. The van der Waals surface area contributed by atoms with Gasteiger partial charge in [0.25, 0.3) is 11.8 Å². The second-order valence-electron chi connectivity index (χ2n) is 7.07. The monoisotopic (exact) mass is 453 g/mol. The number of para-hydroxylation sites is 2. The molecule has 3 aromatic carbocycles. The third-order valence-corrected chi connectivity index (χ3v) is 4.73. The number of alkyl halides is 3. The molecule has 0 aliphatic heterocycles. The van der Waals surface area contributed by atoms with Gasteiger partial charge in [-0.05, 0) is 43.3 Å². The van der Waals surface area contributed by atoms with E-state index in [4.69, 9.17) is 9.15 Å². The van der Waals surface area contributed by atoms with Crippen LogP contribution in [0.15, 0.2) is 83.3 Å². The molecule has 0 fully saturated rings. The Morgan fingerprint density at radius 3 is 2.30 bits per heavy atom. The molecule has 0 unspecified atom stereocenters. The summed E-state index contributed by atoms with van der Waals surface area (Å²) in [4.78, 5) is 12.6. The maximum Gasteiger partial charge on any atom is 0.418 e. The molecule has 1 heterocycles. The standard InChI is InChI=1S/C24H18F3N3O3/c1-15(21(31)28-19-13-7-6-12-18(19)24(25,26)27)32-20-14-8-5-11-17(20)23-30-29-22(33-23)16-9-3-2-4-10-16/h2-15H,1H3,(H,28,31)/t15-/m0/s1. The van der Waals surface area contributed by atoms with E-state index in [2.05, 4.69) is 15.5 Å². The number of benzene rings is 3. The van der Waals surface area contributed by atoms with E-state index in [9.17, 15) is 18.0 Å². The van der Waals surface area contributed by atoms with E-state index in [1.807, 2.05) is 30.3 Å². The van der Waals surface area contributed by atoms with Crippen LogP contribution in [-0.4, -0.2) is 22.2 Å². The number of amides is 1. The molecule has 1 N–H and O–H groups in total. The molecule has 0 saturated carbocycles. The summed E-state index contributed by atoms with van der Waals surface area (Å²) >= 11 is 0. The number of nitrogens with one attached hydrogen (secondary N) is 1. The second-order valence-corrected chi connectivity index (χ2v) is 7.07. The summed E-state index contributed by atoms with van der Waals surface area (Å²) in [6.45, 7) is 1.44. The molecule has 0 radical (unpaired) electrons. The highest BCUT2D eigenvalue weighted by Gasteiger charge is 2.34. The fraction of sp³-hybridized carbons (Fsp3) is 0.125. The molecule has 168 valence electrons. The number of hydrogen-bond donors (Lipinski definition) is 1. The molecule has 0 saturated heterocycles. The molecule has 1 aromatic heterocycles. The zero-order valence-electron chi connectivity index (χ0n) is 17.3. The minimum absolute atomic E-state index is 0.180. The average molecular weight is 453 g/mol. The van der Waals surface area contributed by atoms with Gasteiger partial charge in [0.1, 0.15) is 5.75 Å². The third-order valence-electron chi connectivity index (χ3n) is 4.73. The lowest BCUT2D eigenvalue weighted by Gasteiger charge is -2.18. The Hall–Kier alpha value is -4.14. The lowest BCUT2D eigenvalue weighted by Crippen LogP contribution is -2.31. The van der Waals surface area contributed by atoms with Crippen molar-refractivity contribution >= 4 is 11.6 Å². The highest BCUT2D eigenvalue weighted by molar-refractivity contribution is 5.95. The molecule has 0 spiro atoms. The normalized spacial score (nSPS) is 12.2. The molecule has 0 bridgehead atoms. The van der Waals surface area contributed by atoms with E-state index in [1.54, 1.807) is 24.3 Å². The van der Waals surface area contributed by atoms with Crippen LogP contribution < -0.4 is 10.1 Å². The first-order chi connectivity index (χ1) is 15.8. The van der Waals surface area contributed by atoms with Crippen LogP contribution in [0.4, 0.5) is 18.9 Å². The van der Waals surface area contributed by atoms with Gasteiger partial charge in [0, 0.05) is 5.56 Å². The molecule has 4 rings (SSSR count). The maximum atomic E-state index is 13.2. The number of halogens is 3. The Balaban J connectivity index is 1.53. The molecule has 4 aromatic rings. The smallest absolute Gasteiger partial charge is 0.418 e. The lowest BCUT2D eigenvalue weighted by molar-refractivity contribution is -0.137. The van der Waals surface area contributed by atoms with E-state index in [1.165, 1.54) is 25.1 Å². The number of carbonyl (C=O) groups excluding carboxylic acids is 1. The first-order valence-corrected chi connectivity index (χ1v) is 9.95. The Morgan fingerprint density at radius 2 is 1.55 bits per heavy atom. The summed E-state index contributed by atoms with van der Waals surface area (Å²) in [6.07, 6.45) is -5.71. The Kier molecular flexibility index (Phi) is 6.12. The number of ether oxygens (including phenoxy) is 1. The fourth-order valence-electron chi connectivity index (χ4n) is 3.09. The lowest BCUT2D eigenvalue weighted by atomic mass is 10.1. The van der Waals surface area contributed by atoms with Crippen molar-refractivity contribution in [2.24, 2.45) is 0 Å². The fourth-order valence-corrected chi connectivity index (χ4v) is 3.09. The van der Waals surface area contributed by atoms with Gasteiger partial charge in [0.05, 0.1) is 16.8 Å². The largest absolute Gasteiger partial charge is 0.480 e. The number of carbonyl (C=O) groups is 1. The number of rotatable bonds is 6. The number of aromatic nitrogens is 2. The van der Waals surface area contributed by atoms with Gasteiger partial charge >= 0.3 is 6.18 Å². The summed E-state index contributed by atoms with van der Waals surface area (Å²) in [7, 11) is 0.